The first-order valence-electron chi connectivity index (χ1n) is 8.12. The van der Waals surface area contributed by atoms with E-state index in [1.807, 2.05) is 59.8 Å². The van der Waals surface area contributed by atoms with Gasteiger partial charge < -0.3 is 9.47 Å². The second-order valence-corrected chi connectivity index (χ2v) is 6.38. The number of nitrogens with zero attached hydrogens (tertiary/aromatic N) is 3. The zero-order valence-electron chi connectivity index (χ0n) is 13.9. The third kappa shape index (κ3) is 3.22. The Hall–Kier alpha value is -2.14. The molecule has 0 saturated heterocycles. The maximum atomic E-state index is 12.7. The molecule has 0 unspecified atom stereocenters. The third-order valence-electron chi connectivity index (χ3n) is 4.19. The van der Waals surface area contributed by atoms with Crippen molar-refractivity contribution in [3.8, 4) is 0 Å². The molecule has 0 N–H and O–H groups in total. The summed E-state index contributed by atoms with van der Waals surface area (Å²) in [5.74, 6) is 0.0647. The predicted octanol–water partition coefficient (Wildman–Crippen LogP) is 4.33. The summed E-state index contributed by atoms with van der Waals surface area (Å²) in [6, 6.07) is 14.0. The van der Waals surface area contributed by atoms with Crippen LogP contribution in [0, 0.1) is 0 Å². The van der Waals surface area contributed by atoms with E-state index >= 15 is 0 Å². The Kier molecular flexibility index (Phi) is 5.00. The molecule has 1 amide bonds. The zero-order chi connectivity index (χ0) is 17.1. The van der Waals surface area contributed by atoms with E-state index in [-0.39, 0.29) is 5.91 Å². The van der Waals surface area contributed by atoms with Crippen LogP contribution in [0.1, 0.15) is 29.9 Å². The van der Waals surface area contributed by atoms with Gasteiger partial charge in [0.2, 0.25) is 0 Å². The monoisotopic (exact) mass is 385 g/mol. The average Bonchev–Trinajstić information content (AvgIpc) is 3.04. The Bertz CT molecular complexity index is 868. The Morgan fingerprint density at radius 1 is 1.17 bits per heavy atom. The molecule has 0 atom stereocenters. The van der Waals surface area contributed by atoms with Crippen molar-refractivity contribution in [1.29, 1.82) is 0 Å². The molecule has 24 heavy (non-hydrogen) atoms. The van der Waals surface area contributed by atoms with Gasteiger partial charge in [0, 0.05) is 30.2 Å². The first kappa shape index (κ1) is 16.7. The van der Waals surface area contributed by atoms with Gasteiger partial charge in [0.25, 0.3) is 5.91 Å². The maximum Gasteiger partial charge on any atom is 0.270 e. The summed E-state index contributed by atoms with van der Waals surface area (Å²) in [6.45, 7) is 6.02. The summed E-state index contributed by atoms with van der Waals surface area (Å²) >= 11 is 3.56. The molecule has 0 spiro atoms. The molecule has 1 aromatic carbocycles. The minimum atomic E-state index is 0.0647. The summed E-state index contributed by atoms with van der Waals surface area (Å²) in [6.07, 6.45) is 1.94. The largest absolute Gasteiger partial charge is 0.339 e. The lowest BCUT2D eigenvalue weighted by atomic mass is 10.1. The second kappa shape index (κ2) is 7.18. The molecule has 0 aliphatic rings. The summed E-state index contributed by atoms with van der Waals surface area (Å²) in [7, 11) is 0. The quantitative estimate of drug-likeness (QED) is 0.613. The van der Waals surface area contributed by atoms with Gasteiger partial charge in [-0.05, 0) is 54.0 Å². The van der Waals surface area contributed by atoms with Crippen molar-refractivity contribution in [1.82, 2.24) is 14.5 Å². The fraction of sp³-hybridized carbons (Fsp3) is 0.263. The smallest absolute Gasteiger partial charge is 0.270 e. The van der Waals surface area contributed by atoms with Crippen LogP contribution in [-0.2, 0) is 6.54 Å². The van der Waals surface area contributed by atoms with E-state index in [1.165, 1.54) is 0 Å². The molecule has 0 radical (unpaired) electrons. The number of carbonyl (C=O) groups is 1. The number of para-hydroxylation sites is 1. The lowest BCUT2D eigenvalue weighted by molar-refractivity contribution is 0.0762. The standard InChI is InChI=1S/C19H20BrN3O/c1-3-22(4-2)19(24)17-10-7-11-23(17)13-15-12-14-8-5-6-9-16(14)21-18(15)20/h5-12H,3-4,13H2,1-2H3. The number of fused-ring (bicyclic) bond motifs is 1. The first-order valence-corrected chi connectivity index (χ1v) is 8.92. The van der Waals surface area contributed by atoms with Gasteiger partial charge in [-0.15, -0.1) is 0 Å². The third-order valence-corrected chi connectivity index (χ3v) is 4.88. The van der Waals surface area contributed by atoms with Crippen molar-refractivity contribution < 1.29 is 4.79 Å². The van der Waals surface area contributed by atoms with Crippen LogP contribution >= 0.6 is 15.9 Å². The van der Waals surface area contributed by atoms with Gasteiger partial charge in [0.05, 0.1) is 12.1 Å². The lowest BCUT2D eigenvalue weighted by Gasteiger charge is -2.20. The van der Waals surface area contributed by atoms with Crippen molar-refractivity contribution in [3.63, 3.8) is 0 Å². The van der Waals surface area contributed by atoms with Crippen LogP contribution < -0.4 is 0 Å². The number of hydrogen-bond donors (Lipinski definition) is 0. The molecule has 2 heterocycles. The Labute approximate surface area is 150 Å². The van der Waals surface area contributed by atoms with E-state index in [4.69, 9.17) is 0 Å². The highest BCUT2D eigenvalue weighted by molar-refractivity contribution is 9.10. The Balaban J connectivity index is 1.94. The van der Waals surface area contributed by atoms with Crippen LogP contribution in [0.3, 0.4) is 0 Å². The van der Waals surface area contributed by atoms with Crippen molar-refractivity contribution in [2.45, 2.75) is 20.4 Å². The SMILES string of the molecule is CCN(CC)C(=O)c1cccn1Cc1cc2ccccc2nc1Br. The molecule has 0 fully saturated rings. The Morgan fingerprint density at radius 2 is 1.92 bits per heavy atom. The fourth-order valence-electron chi connectivity index (χ4n) is 2.85. The molecular formula is C19H20BrN3O. The van der Waals surface area contributed by atoms with Crippen LogP contribution in [0.5, 0.6) is 0 Å². The van der Waals surface area contributed by atoms with Crippen molar-refractivity contribution >= 4 is 32.7 Å². The molecule has 0 aliphatic carbocycles. The van der Waals surface area contributed by atoms with Crippen molar-refractivity contribution in [3.05, 3.63) is 64.5 Å². The van der Waals surface area contributed by atoms with E-state index in [0.717, 1.165) is 21.1 Å². The number of rotatable bonds is 5. The molecule has 0 saturated carbocycles. The molecule has 4 nitrogen and oxygen atoms in total. The number of carbonyl (C=O) groups excluding carboxylic acids is 1. The molecule has 0 aliphatic heterocycles. The zero-order valence-corrected chi connectivity index (χ0v) is 15.5. The number of hydrogen-bond acceptors (Lipinski definition) is 2. The lowest BCUT2D eigenvalue weighted by Crippen LogP contribution is -2.32. The number of pyridine rings is 1. The summed E-state index contributed by atoms with van der Waals surface area (Å²) < 4.78 is 2.80. The van der Waals surface area contributed by atoms with Crippen LogP contribution in [-0.4, -0.2) is 33.4 Å². The normalized spacial score (nSPS) is 11.0. The molecular weight excluding hydrogens is 366 g/mol. The van der Waals surface area contributed by atoms with E-state index in [0.29, 0.717) is 25.3 Å². The number of halogens is 1. The van der Waals surface area contributed by atoms with Crippen LogP contribution in [0.15, 0.2) is 53.3 Å². The van der Waals surface area contributed by atoms with E-state index < -0.39 is 0 Å². The second-order valence-electron chi connectivity index (χ2n) is 5.63. The van der Waals surface area contributed by atoms with Gasteiger partial charge in [0.15, 0.2) is 0 Å². The van der Waals surface area contributed by atoms with Crippen LogP contribution in [0.2, 0.25) is 0 Å². The van der Waals surface area contributed by atoms with Gasteiger partial charge in [0.1, 0.15) is 10.3 Å². The molecule has 3 aromatic rings. The average molecular weight is 386 g/mol. The number of aromatic nitrogens is 2. The van der Waals surface area contributed by atoms with E-state index in [2.05, 4.69) is 33.0 Å². The molecule has 3 rings (SSSR count). The van der Waals surface area contributed by atoms with Crippen molar-refractivity contribution in [2.24, 2.45) is 0 Å². The molecule has 5 heteroatoms. The van der Waals surface area contributed by atoms with Gasteiger partial charge in [-0.1, -0.05) is 18.2 Å². The van der Waals surface area contributed by atoms with Gasteiger partial charge in [-0.25, -0.2) is 4.98 Å². The number of benzene rings is 1. The molecule has 2 aromatic heterocycles. The highest BCUT2D eigenvalue weighted by atomic mass is 79.9. The predicted molar refractivity (Wildman–Crippen MR) is 100 cm³/mol. The minimum Gasteiger partial charge on any atom is -0.339 e. The van der Waals surface area contributed by atoms with Gasteiger partial charge in [-0.2, -0.15) is 0 Å². The maximum absolute atomic E-state index is 12.7. The van der Waals surface area contributed by atoms with E-state index in [1.54, 1.807) is 0 Å². The summed E-state index contributed by atoms with van der Waals surface area (Å²) in [4.78, 5) is 19.1. The summed E-state index contributed by atoms with van der Waals surface area (Å²) in [5.41, 5.74) is 2.72. The topological polar surface area (TPSA) is 38.1 Å². The van der Waals surface area contributed by atoms with Gasteiger partial charge in [-0.3, -0.25) is 4.79 Å². The van der Waals surface area contributed by atoms with E-state index in [9.17, 15) is 4.79 Å². The van der Waals surface area contributed by atoms with Crippen LogP contribution in [0.4, 0.5) is 0 Å². The van der Waals surface area contributed by atoms with Crippen molar-refractivity contribution in [2.75, 3.05) is 13.1 Å². The first-order chi connectivity index (χ1) is 11.6. The highest BCUT2D eigenvalue weighted by Gasteiger charge is 2.17. The highest BCUT2D eigenvalue weighted by Crippen LogP contribution is 2.22. The fourth-order valence-corrected chi connectivity index (χ4v) is 3.28. The van der Waals surface area contributed by atoms with Gasteiger partial charge >= 0.3 is 0 Å². The summed E-state index contributed by atoms with van der Waals surface area (Å²) in [5, 5.41) is 1.10. The molecule has 0 bridgehead atoms. The Morgan fingerprint density at radius 3 is 2.67 bits per heavy atom. The molecule has 124 valence electrons. The minimum absolute atomic E-state index is 0.0647. The number of amides is 1. The van der Waals surface area contributed by atoms with Crippen LogP contribution in [0.25, 0.3) is 10.9 Å².